The molecule has 0 unspecified atom stereocenters. The number of nitrogens with two attached hydrogens (primary N) is 1. The van der Waals surface area contributed by atoms with Crippen molar-refractivity contribution in [2.45, 2.75) is 6.92 Å². The average Bonchev–Trinajstić information content (AvgIpc) is 2.94. The number of thiophene rings is 1. The Morgan fingerprint density at radius 1 is 1.33 bits per heavy atom. The van der Waals surface area contributed by atoms with Crippen LogP contribution in [0.1, 0.15) is 4.88 Å². The molecule has 0 aliphatic carbocycles. The lowest BCUT2D eigenvalue weighted by Crippen LogP contribution is -1.94. The number of ether oxygens (including phenoxy) is 1. The maximum atomic E-state index is 6.16. The summed E-state index contributed by atoms with van der Waals surface area (Å²) in [6.45, 7) is 2.07. The monoisotopic (exact) mass is 259 g/mol. The zero-order chi connectivity index (χ0) is 12.7. The van der Waals surface area contributed by atoms with E-state index in [-0.39, 0.29) is 0 Å². The molecule has 5 heteroatoms. The van der Waals surface area contributed by atoms with E-state index in [9.17, 15) is 0 Å². The third kappa shape index (κ3) is 1.55. The summed E-state index contributed by atoms with van der Waals surface area (Å²) in [5.41, 5.74) is 7.72. The summed E-state index contributed by atoms with van der Waals surface area (Å²) in [6.07, 6.45) is 1.89. The fraction of sp³-hybridized carbons (Fsp3) is 0.154. The van der Waals surface area contributed by atoms with Crippen LogP contribution >= 0.6 is 11.3 Å². The Hall–Kier alpha value is -2.01. The Morgan fingerprint density at radius 2 is 2.17 bits per heavy atom. The molecule has 92 valence electrons. The summed E-state index contributed by atoms with van der Waals surface area (Å²) in [5, 5.41) is 0. The Balaban J connectivity index is 2.28. The summed E-state index contributed by atoms with van der Waals surface area (Å²) < 4.78 is 7.15. The number of hydrogen-bond acceptors (Lipinski definition) is 4. The average molecular weight is 259 g/mol. The molecule has 0 saturated carbocycles. The largest absolute Gasteiger partial charge is 0.493 e. The fourth-order valence-electron chi connectivity index (χ4n) is 1.96. The van der Waals surface area contributed by atoms with Crippen LogP contribution in [0.2, 0.25) is 0 Å². The molecule has 3 rings (SSSR count). The van der Waals surface area contributed by atoms with E-state index in [1.54, 1.807) is 18.4 Å². The molecule has 3 aromatic rings. The molecule has 3 heterocycles. The minimum Gasteiger partial charge on any atom is -0.493 e. The first-order chi connectivity index (χ1) is 8.70. The number of rotatable bonds is 2. The third-order valence-electron chi connectivity index (χ3n) is 2.84. The molecule has 0 aliphatic heterocycles. The first-order valence-electron chi connectivity index (χ1n) is 5.58. The molecule has 0 spiro atoms. The first kappa shape index (κ1) is 11.1. The maximum absolute atomic E-state index is 6.16. The molecule has 0 bridgehead atoms. The molecule has 0 aliphatic rings. The van der Waals surface area contributed by atoms with Gasteiger partial charge in [0.05, 0.1) is 12.0 Å². The molecular weight excluding hydrogens is 246 g/mol. The van der Waals surface area contributed by atoms with Crippen LogP contribution in [0, 0.1) is 6.92 Å². The molecule has 0 radical (unpaired) electrons. The van der Waals surface area contributed by atoms with Crippen LogP contribution in [0.3, 0.4) is 0 Å². The quantitative estimate of drug-likeness (QED) is 0.769. The highest BCUT2D eigenvalue weighted by atomic mass is 32.1. The molecule has 0 fully saturated rings. The van der Waals surface area contributed by atoms with Gasteiger partial charge in [-0.05, 0) is 31.2 Å². The number of imidazole rings is 1. The zero-order valence-electron chi connectivity index (χ0n) is 10.2. The molecule has 0 amide bonds. The van der Waals surface area contributed by atoms with Crippen molar-refractivity contribution in [2.24, 2.45) is 0 Å². The van der Waals surface area contributed by atoms with Crippen molar-refractivity contribution in [2.75, 3.05) is 12.8 Å². The third-order valence-corrected chi connectivity index (χ3v) is 3.85. The normalized spacial score (nSPS) is 11.0. The van der Waals surface area contributed by atoms with Crippen molar-refractivity contribution in [1.29, 1.82) is 0 Å². The van der Waals surface area contributed by atoms with Crippen LogP contribution < -0.4 is 10.5 Å². The van der Waals surface area contributed by atoms with Gasteiger partial charge in [0.15, 0.2) is 11.4 Å². The van der Waals surface area contributed by atoms with Gasteiger partial charge in [-0.3, -0.25) is 4.40 Å². The van der Waals surface area contributed by atoms with Gasteiger partial charge in [-0.1, -0.05) is 0 Å². The maximum Gasteiger partial charge on any atom is 0.181 e. The van der Waals surface area contributed by atoms with Gasteiger partial charge in [0.1, 0.15) is 11.5 Å². The highest BCUT2D eigenvalue weighted by Crippen LogP contribution is 2.33. The van der Waals surface area contributed by atoms with Crippen molar-refractivity contribution < 1.29 is 4.74 Å². The van der Waals surface area contributed by atoms with Gasteiger partial charge >= 0.3 is 0 Å². The summed E-state index contributed by atoms with van der Waals surface area (Å²) in [7, 11) is 1.63. The molecule has 0 saturated heterocycles. The number of anilines is 1. The molecule has 18 heavy (non-hydrogen) atoms. The van der Waals surface area contributed by atoms with Gasteiger partial charge in [0.25, 0.3) is 0 Å². The standard InChI is InChI=1S/C13H13N3OS/c1-8-5-6-10(18-8)11-12(14)16-7-3-4-9(17-2)13(16)15-11/h3-7H,14H2,1-2H3. The molecule has 0 atom stereocenters. The smallest absolute Gasteiger partial charge is 0.181 e. The van der Waals surface area contributed by atoms with Gasteiger partial charge in [0, 0.05) is 11.1 Å². The predicted molar refractivity (Wildman–Crippen MR) is 74.2 cm³/mol. The molecular formula is C13H13N3OS. The van der Waals surface area contributed by atoms with Crippen LogP contribution in [-0.4, -0.2) is 16.5 Å². The number of hydrogen-bond donors (Lipinski definition) is 1. The number of fused-ring (bicyclic) bond motifs is 1. The number of nitrogens with zero attached hydrogens (tertiary/aromatic N) is 2. The lowest BCUT2D eigenvalue weighted by Gasteiger charge is -2.01. The van der Waals surface area contributed by atoms with E-state index in [0.29, 0.717) is 5.82 Å². The summed E-state index contributed by atoms with van der Waals surface area (Å²) in [5.74, 6) is 1.37. The van der Waals surface area contributed by atoms with Crippen LogP contribution in [0.4, 0.5) is 5.82 Å². The Bertz CT molecular complexity index is 714. The second-order valence-corrected chi connectivity index (χ2v) is 5.31. The Kier molecular flexibility index (Phi) is 2.48. The SMILES string of the molecule is COc1cccn2c(N)c(-c3ccc(C)s3)nc12. The minimum absolute atomic E-state index is 0.644. The number of aromatic nitrogens is 2. The lowest BCUT2D eigenvalue weighted by molar-refractivity contribution is 0.417. The van der Waals surface area contributed by atoms with Crippen molar-refractivity contribution in [3.63, 3.8) is 0 Å². The van der Waals surface area contributed by atoms with E-state index >= 15 is 0 Å². The van der Waals surface area contributed by atoms with Crippen molar-refractivity contribution in [3.05, 3.63) is 35.3 Å². The van der Waals surface area contributed by atoms with E-state index in [1.807, 2.05) is 28.8 Å². The van der Waals surface area contributed by atoms with Gasteiger partial charge in [0.2, 0.25) is 0 Å². The van der Waals surface area contributed by atoms with E-state index in [0.717, 1.165) is 22.0 Å². The molecule has 4 nitrogen and oxygen atoms in total. The topological polar surface area (TPSA) is 52.5 Å². The predicted octanol–water partition coefficient (Wildman–Crippen LogP) is 2.96. The van der Waals surface area contributed by atoms with Crippen molar-refractivity contribution in [3.8, 4) is 16.3 Å². The van der Waals surface area contributed by atoms with E-state index < -0.39 is 0 Å². The van der Waals surface area contributed by atoms with E-state index in [4.69, 9.17) is 10.5 Å². The summed E-state index contributed by atoms with van der Waals surface area (Å²) in [6, 6.07) is 7.89. The lowest BCUT2D eigenvalue weighted by atomic mass is 10.3. The first-order valence-corrected chi connectivity index (χ1v) is 6.39. The van der Waals surface area contributed by atoms with Crippen LogP contribution in [0.15, 0.2) is 30.5 Å². The Labute approximate surface area is 109 Å². The molecule has 2 N–H and O–H groups in total. The zero-order valence-corrected chi connectivity index (χ0v) is 11.0. The van der Waals surface area contributed by atoms with Gasteiger partial charge in [-0.15, -0.1) is 11.3 Å². The van der Waals surface area contributed by atoms with Crippen molar-refractivity contribution >= 4 is 22.8 Å². The highest BCUT2D eigenvalue weighted by Gasteiger charge is 2.15. The van der Waals surface area contributed by atoms with E-state index in [1.165, 1.54) is 4.88 Å². The van der Waals surface area contributed by atoms with Crippen LogP contribution in [0.5, 0.6) is 5.75 Å². The van der Waals surface area contributed by atoms with Gasteiger partial charge in [-0.25, -0.2) is 4.98 Å². The van der Waals surface area contributed by atoms with Gasteiger partial charge < -0.3 is 10.5 Å². The number of nitrogen functional groups attached to an aromatic ring is 1. The summed E-state index contributed by atoms with van der Waals surface area (Å²) in [4.78, 5) is 6.91. The summed E-state index contributed by atoms with van der Waals surface area (Å²) >= 11 is 1.69. The van der Waals surface area contributed by atoms with Gasteiger partial charge in [-0.2, -0.15) is 0 Å². The number of aryl methyl sites for hydroxylation is 1. The molecule has 0 aromatic carbocycles. The minimum atomic E-state index is 0.644. The second kappa shape index (κ2) is 4.03. The van der Waals surface area contributed by atoms with Crippen LogP contribution in [0.25, 0.3) is 16.2 Å². The second-order valence-electron chi connectivity index (χ2n) is 4.03. The molecule has 3 aromatic heterocycles. The fourth-order valence-corrected chi connectivity index (χ4v) is 2.83. The Morgan fingerprint density at radius 3 is 2.83 bits per heavy atom. The van der Waals surface area contributed by atoms with Crippen LogP contribution in [-0.2, 0) is 0 Å². The number of pyridine rings is 1. The number of methoxy groups -OCH3 is 1. The van der Waals surface area contributed by atoms with E-state index in [2.05, 4.69) is 18.0 Å². The highest BCUT2D eigenvalue weighted by molar-refractivity contribution is 7.15. The van der Waals surface area contributed by atoms with Crippen molar-refractivity contribution in [1.82, 2.24) is 9.38 Å².